The number of hydrogen-bond acceptors (Lipinski definition) is 5. The third-order valence-corrected chi connectivity index (χ3v) is 6.02. The average molecular weight is 374 g/mol. The van der Waals surface area contributed by atoms with Gasteiger partial charge in [0, 0.05) is 12.6 Å². The van der Waals surface area contributed by atoms with Crippen molar-refractivity contribution in [3.63, 3.8) is 0 Å². The summed E-state index contributed by atoms with van der Waals surface area (Å²) >= 11 is 0. The van der Waals surface area contributed by atoms with Crippen LogP contribution in [0.3, 0.4) is 0 Å². The first-order valence-corrected chi connectivity index (χ1v) is 8.27. The third kappa shape index (κ3) is 2.69. The first kappa shape index (κ1) is 18.8. The Morgan fingerprint density at radius 2 is 2.04 bits per heavy atom. The predicted molar refractivity (Wildman–Crippen MR) is 85.4 cm³/mol. The summed E-state index contributed by atoms with van der Waals surface area (Å²) in [5.41, 5.74) is 1.14. The van der Waals surface area contributed by atoms with E-state index in [9.17, 15) is 28.4 Å². The van der Waals surface area contributed by atoms with Gasteiger partial charge in [-0.15, -0.1) is 5.23 Å². The number of methoxy groups -OCH3 is 1. The minimum absolute atomic E-state index is 0.00354. The topological polar surface area (TPSA) is 73.2 Å². The predicted octanol–water partition coefficient (Wildman–Crippen LogP) is 2.89. The molecule has 1 heterocycles. The van der Waals surface area contributed by atoms with Crippen molar-refractivity contribution in [1.29, 1.82) is 0 Å². The summed E-state index contributed by atoms with van der Waals surface area (Å²) < 4.78 is 44.1. The minimum atomic E-state index is -4.91. The molecule has 0 spiro atoms. The number of alkyl halides is 3. The Morgan fingerprint density at radius 3 is 2.58 bits per heavy atom. The lowest BCUT2D eigenvalue weighted by Gasteiger charge is -2.54. The molecule has 1 aromatic carbocycles. The van der Waals surface area contributed by atoms with E-state index in [0.29, 0.717) is 12.0 Å². The Bertz CT molecular complexity index is 737. The van der Waals surface area contributed by atoms with E-state index in [0.717, 1.165) is 10.5 Å². The molecule has 3 rings (SSSR count). The molecule has 1 aliphatic carbocycles. The Hall–Kier alpha value is -2.00. The van der Waals surface area contributed by atoms with Crippen molar-refractivity contribution < 1.29 is 33.1 Å². The Balaban J connectivity index is 2.09. The smallest absolute Gasteiger partial charge is 0.471 e. The fraction of sp³-hybridized carbons (Fsp3) is 0.588. The van der Waals surface area contributed by atoms with Crippen molar-refractivity contribution in [1.82, 2.24) is 4.90 Å². The summed E-state index contributed by atoms with van der Waals surface area (Å²) in [4.78, 5) is 12.8. The van der Waals surface area contributed by atoms with Gasteiger partial charge in [-0.1, -0.05) is 13.8 Å². The zero-order valence-electron chi connectivity index (χ0n) is 14.7. The van der Waals surface area contributed by atoms with Crippen molar-refractivity contribution in [3.8, 4) is 5.75 Å². The van der Waals surface area contributed by atoms with Gasteiger partial charge in [-0.2, -0.15) is 13.2 Å². The average Bonchev–Trinajstić information content (AvgIpc) is 2.55. The molecule has 9 heteroatoms. The molecule has 144 valence electrons. The van der Waals surface area contributed by atoms with Gasteiger partial charge in [0.05, 0.1) is 7.11 Å². The van der Waals surface area contributed by atoms with Gasteiger partial charge in [-0.05, 0) is 47.4 Å². The molecule has 1 aromatic rings. The van der Waals surface area contributed by atoms with E-state index < -0.39 is 23.5 Å². The molecule has 2 N–H and O–H groups in total. The molecule has 1 aliphatic heterocycles. The monoisotopic (exact) mass is 374 g/mol. The quantitative estimate of drug-likeness (QED) is 0.779. The summed E-state index contributed by atoms with van der Waals surface area (Å²) in [7, 11) is 1.40. The zero-order valence-corrected chi connectivity index (χ0v) is 14.7. The number of ether oxygens (including phenoxy) is 1. The number of amides is 1. The molecule has 0 radical (unpaired) electrons. The number of anilines is 1. The van der Waals surface area contributed by atoms with E-state index in [2.05, 4.69) is 0 Å². The highest BCUT2D eigenvalue weighted by Gasteiger charge is 2.54. The lowest BCUT2D eigenvalue weighted by atomic mass is 9.59. The second-order valence-electron chi connectivity index (χ2n) is 7.19. The molecule has 1 saturated heterocycles. The van der Waals surface area contributed by atoms with Gasteiger partial charge in [0.2, 0.25) is 0 Å². The molecule has 26 heavy (non-hydrogen) atoms. The van der Waals surface area contributed by atoms with Crippen LogP contribution in [0.1, 0.15) is 31.4 Å². The SMILES string of the molecule is COc1cc2c(cc1N(O)O)C[C@@H]1[C@@H](C)[C@@]2(C)CCN1C(=O)C(F)(F)F. The van der Waals surface area contributed by atoms with Crippen molar-refractivity contribution in [2.75, 3.05) is 18.9 Å². The van der Waals surface area contributed by atoms with Crippen LogP contribution in [0.4, 0.5) is 18.9 Å². The van der Waals surface area contributed by atoms with Crippen LogP contribution < -0.4 is 9.96 Å². The van der Waals surface area contributed by atoms with Gasteiger partial charge in [0.25, 0.3) is 0 Å². The second kappa shape index (κ2) is 6.02. The van der Waals surface area contributed by atoms with Crippen LogP contribution in [0.2, 0.25) is 0 Å². The van der Waals surface area contributed by atoms with Crippen LogP contribution in [0.15, 0.2) is 12.1 Å². The molecular weight excluding hydrogens is 353 g/mol. The number of fused-ring (bicyclic) bond motifs is 4. The normalized spacial score (nSPS) is 27.8. The molecular formula is C17H21F3N2O4. The largest absolute Gasteiger partial charge is 0.494 e. The summed E-state index contributed by atoms with van der Waals surface area (Å²) in [5, 5.41) is 18.7. The van der Waals surface area contributed by atoms with E-state index >= 15 is 0 Å². The highest BCUT2D eigenvalue weighted by Crippen LogP contribution is 2.51. The van der Waals surface area contributed by atoms with Gasteiger partial charge >= 0.3 is 12.1 Å². The number of rotatable bonds is 2. The zero-order chi connectivity index (χ0) is 19.4. The van der Waals surface area contributed by atoms with Crippen LogP contribution in [0, 0.1) is 5.92 Å². The van der Waals surface area contributed by atoms with E-state index in [1.54, 1.807) is 6.07 Å². The minimum Gasteiger partial charge on any atom is -0.494 e. The summed E-state index contributed by atoms with van der Waals surface area (Å²) in [6.07, 6.45) is -4.32. The summed E-state index contributed by atoms with van der Waals surface area (Å²) in [6.45, 7) is 3.85. The van der Waals surface area contributed by atoms with Crippen molar-refractivity contribution in [2.45, 2.75) is 44.3 Å². The fourth-order valence-electron chi connectivity index (χ4n) is 4.38. The van der Waals surface area contributed by atoms with Gasteiger partial charge in [0.1, 0.15) is 11.4 Å². The summed E-state index contributed by atoms with van der Waals surface area (Å²) in [5.74, 6) is -1.75. The maximum atomic E-state index is 13.0. The van der Waals surface area contributed by atoms with E-state index in [1.165, 1.54) is 13.2 Å². The van der Waals surface area contributed by atoms with Crippen LogP contribution >= 0.6 is 0 Å². The van der Waals surface area contributed by atoms with Crippen LogP contribution in [-0.4, -0.2) is 47.1 Å². The molecule has 2 aliphatic rings. The number of nitrogens with zero attached hydrogens (tertiary/aromatic N) is 2. The molecule has 1 amide bonds. The second-order valence-corrected chi connectivity index (χ2v) is 7.19. The lowest BCUT2D eigenvalue weighted by molar-refractivity contribution is -0.192. The van der Waals surface area contributed by atoms with Crippen LogP contribution in [-0.2, 0) is 16.6 Å². The molecule has 0 unspecified atom stereocenters. The van der Waals surface area contributed by atoms with Gasteiger partial charge in [0.15, 0.2) is 0 Å². The third-order valence-electron chi connectivity index (χ3n) is 6.02. The first-order valence-electron chi connectivity index (χ1n) is 8.27. The van der Waals surface area contributed by atoms with E-state index in [-0.39, 0.29) is 35.5 Å². The molecule has 0 aromatic heterocycles. The number of benzene rings is 1. The number of hydrogen-bond donors (Lipinski definition) is 2. The number of likely N-dealkylation sites (tertiary alicyclic amines) is 1. The summed E-state index contributed by atoms with van der Waals surface area (Å²) in [6, 6.07) is 2.59. The highest BCUT2D eigenvalue weighted by molar-refractivity contribution is 5.82. The lowest BCUT2D eigenvalue weighted by Crippen LogP contribution is -2.61. The number of carbonyl (C=O) groups is 1. The van der Waals surface area contributed by atoms with Gasteiger partial charge in [-0.25, -0.2) is 0 Å². The van der Waals surface area contributed by atoms with Crippen LogP contribution in [0.5, 0.6) is 5.75 Å². The van der Waals surface area contributed by atoms with Crippen molar-refractivity contribution >= 4 is 11.6 Å². The van der Waals surface area contributed by atoms with E-state index in [4.69, 9.17) is 4.74 Å². The number of carbonyl (C=O) groups excluding carboxylic acids is 1. The van der Waals surface area contributed by atoms with Crippen LogP contribution in [0.25, 0.3) is 0 Å². The molecule has 2 bridgehead atoms. The Labute approximate surface area is 148 Å². The maximum Gasteiger partial charge on any atom is 0.471 e. The molecule has 6 nitrogen and oxygen atoms in total. The number of halogens is 3. The maximum absolute atomic E-state index is 13.0. The Kier molecular flexibility index (Phi) is 4.35. The molecule has 1 fully saturated rings. The van der Waals surface area contributed by atoms with Gasteiger partial charge < -0.3 is 9.64 Å². The van der Waals surface area contributed by atoms with E-state index in [1.807, 2.05) is 13.8 Å². The Morgan fingerprint density at radius 1 is 1.38 bits per heavy atom. The fourth-order valence-corrected chi connectivity index (χ4v) is 4.38. The first-order chi connectivity index (χ1) is 12.0. The molecule has 0 saturated carbocycles. The van der Waals surface area contributed by atoms with Crippen molar-refractivity contribution in [3.05, 3.63) is 23.3 Å². The highest BCUT2D eigenvalue weighted by atomic mass is 19.4. The number of piperidine rings is 1. The van der Waals surface area contributed by atoms with Crippen molar-refractivity contribution in [2.24, 2.45) is 5.92 Å². The molecule has 3 atom stereocenters. The van der Waals surface area contributed by atoms with Gasteiger partial charge in [-0.3, -0.25) is 15.2 Å². The standard InChI is InChI=1S/C17H21F3N2O4/c1-9-12-6-10-7-13(22(24)25)14(26-3)8-11(10)16(9,2)4-5-21(12)15(23)17(18,19)20/h7-9,12,24-25H,4-6H2,1-3H3/t9-,12-,16-/m1/s1.